The van der Waals surface area contributed by atoms with E-state index in [9.17, 15) is 9.59 Å². The number of nitriles is 1. The van der Waals surface area contributed by atoms with E-state index in [0.29, 0.717) is 17.9 Å². The molecule has 0 heterocycles. The molecule has 0 aliphatic heterocycles. The molecule has 0 saturated heterocycles. The molecule has 1 N–H and O–H groups in total. The predicted octanol–water partition coefficient (Wildman–Crippen LogP) is 0.908. The van der Waals surface area contributed by atoms with E-state index < -0.39 is 0 Å². The Labute approximate surface area is 99.0 Å². The summed E-state index contributed by atoms with van der Waals surface area (Å²) >= 11 is 0. The lowest BCUT2D eigenvalue weighted by Crippen LogP contribution is -2.29. The fourth-order valence-electron chi connectivity index (χ4n) is 1.10. The maximum atomic E-state index is 11.2. The Morgan fingerprint density at radius 1 is 1.41 bits per heavy atom. The van der Waals surface area contributed by atoms with E-state index in [1.54, 1.807) is 24.3 Å². The maximum Gasteiger partial charge on any atom is 0.257 e. The molecule has 1 aromatic rings. The fourth-order valence-corrected chi connectivity index (χ4v) is 1.10. The Kier molecular flexibility index (Phi) is 5.25. The molecule has 1 aromatic carbocycles. The number of benzene rings is 1. The molecule has 1 amide bonds. The Morgan fingerprint density at radius 3 is 2.71 bits per heavy atom. The van der Waals surface area contributed by atoms with Crippen LogP contribution in [0.4, 0.5) is 0 Å². The number of rotatable bonds is 6. The first-order chi connectivity index (χ1) is 8.26. The minimum absolute atomic E-state index is 0.105. The van der Waals surface area contributed by atoms with Gasteiger partial charge in [-0.25, -0.2) is 0 Å². The van der Waals surface area contributed by atoms with Crippen molar-refractivity contribution >= 4 is 12.2 Å². The average Bonchev–Trinajstić information content (AvgIpc) is 2.37. The number of carbonyl (C=O) groups excluding carboxylic acids is 2. The van der Waals surface area contributed by atoms with E-state index in [1.807, 2.05) is 6.07 Å². The molecule has 0 atom stereocenters. The van der Waals surface area contributed by atoms with E-state index >= 15 is 0 Å². The Hall–Kier alpha value is -2.35. The highest BCUT2D eigenvalue weighted by atomic mass is 16.5. The van der Waals surface area contributed by atoms with Gasteiger partial charge >= 0.3 is 0 Å². The number of nitrogens with zero attached hydrogens (tertiary/aromatic N) is 1. The lowest BCUT2D eigenvalue weighted by molar-refractivity contribution is -0.123. The van der Waals surface area contributed by atoms with Gasteiger partial charge in [-0.05, 0) is 24.3 Å². The molecule has 0 unspecified atom stereocenters. The highest BCUT2D eigenvalue weighted by Crippen LogP contribution is 2.10. The number of hydrogen-bond donors (Lipinski definition) is 1. The number of amides is 1. The van der Waals surface area contributed by atoms with Crippen LogP contribution in [0.1, 0.15) is 16.8 Å². The lowest BCUT2D eigenvalue weighted by Gasteiger charge is -2.06. The summed E-state index contributed by atoms with van der Waals surface area (Å²) in [5.41, 5.74) is 0.552. The zero-order valence-corrected chi connectivity index (χ0v) is 9.18. The average molecular weight is 232 g/mol. The maximum absolute atomic E-state index is 11.2. The highest BCUT2D eigenvalue weighted by Gasteiger charge is 2.01. The minimum Gasteiger partial charge on any atom is -0.484 e. The Balaban J connectivity index is 2.32. The van der Waals surface area contributed by atoms with Gasteiger partial charge < -0.3 is 10.1 Å². The van der Waals surface area contributed by atoms with Crippen molar-refractivity contribution in [3.8, 4) is 11.8 Å². The SMILES string of the molecule is N#CCCNC(=O)COc1ccc(C=O)cc1. The fraction of sp³-hybridized carbons (Fsp3) is 0.250. The van der Waals surface area contributed by atoms with Gasteiger partial charge in [-0.3, -0.25) is 9.59 Å². The molecule has 88 valence electrons. The smallest absolute Gasteiger partial charge is 0.257 e. The summed E-state index contributed by atoms with van der Waals surface area (Å²) in [4.78, 5) is 21.6. The topological polar surface area (TPSA) is 79.2 Å². The zero-order valence-electron chi connectivity index (χ0n) is 9.18. The van der Waals surface area contributed by atoms with Crippen LogP contribution in [0, 0.1) is 11.3 Å². The Morgan fingerprint density at radius 2 is 2.12 bits per heavy atom. The van der Waals surface area contributed by atoms with Crippen molar-refractivity contribution in [2.45, 2.75) is 6.42 Å². The number of carbonyl (C=O) groups is 2. The monoisotopic (exact) mass is 232 g/mol. The summed E-state index contributed by atoms with van der Waals surface area (Å²) in [5.74, 6) is 0.241. The molecule has 5 nitrogen and oxygen atoms in total. The van der Waals surface area contributed by atoms with E-state index in [1.165, 1.54) is 0 Å². The van der Waals surface area contributed by atoms with Crippen LogP contribution in [0.25, 0.3) is 0 Å². The van der Waals surface area contributed by atoms with Gasteiger partial charge in [0, 0.05) is 12.1 Å². The number of nitrogens with one attached hydrogen (secondary N) is 1. The quantitative estimate of drug-likeness (QED) is 0.584. The molecule has 0 radical (unpaired) electrons. The van der Waals surface area contributed by atoms with E-state index in [4.69, 9.17) is 10.00 Å². The zero-order chi connectivity index (χ0) is 12.5. The van der Waals surface area contributed by atoms with Crippen LogP contribution in [0.2, 0.25) is 0 Å². The second kappa shape index (κ2) is 7.01. The van der Waals surface area contributed by atoms with Crippen LogP contribution in [-0.4, -0.2) is 25.3 Å². The van der Waals surface area contributed by atoms with Gasteiger partial charge in [-0.2, -0.15) is 5.26 Å². The summed E-state index contributed by atoms with van der Waals surface area (Å²) in [6.07, 6.45) is 1.01. The Bertz CT molecular complexity index is 420. The first-order valence-corrected chi connectivity index (χ1v) is 5.08. The van der Waals surface area contributed by atoms with Crippen molar-refractivity contribution in [3.63, 3.8) is 0 Å². The second-order valence-corrected chi connectivity index (χ2v) is 3.23. The first kappa shape index (κ1) is 12.7. The van der Waals surface area contributed by atoms with Crippen LogP contribution in [0.15, 0.2) is 24.3 Å². The third-order valence-electron chi connectivity index (χ3n) is 1.95. The second-order valence-electron chi connectivity index (χ2n) is 3.23. The van der Waals surface area contributed by atoms with E-state index in [0.717, 1.165) is 6.29 Å². The molecule has 0 saturated carbocycles. The molecule has 0 aromatic heterocycles. The molecule has 0 aliphatic carbocycles. The predicted molar refractivity (Wildman–Crippen MR) is 60.6 cm³/mol. The van der Waals surface area contributed by atoms with Gasteiger partial charge in [-0.15, -0.1) is 0 Å². The van der Waals surface area contributed by atoms with Crippen LogP contribution < -0.4 is 10.1 Å². The number of hydrogen-bond acceptors (Lipinski definition) is 4. The van der Waals surface area contributed by atoms with Crippen LogP contribution in [-0.2, 0) is 4.79 Å². The summed E-state index contributed by atoms with van der Waals surface area (Å²) in [7, 11) is 0. The standard InChI is InChI=1S/C12H12N2O3/c13-6-1-7-14-12(16)9-17-11-4-2-10(8-15)3-5-11/h2-5,8H,1,7,9H2,(H,14,16). The summed E-state index contributed by atoms with van der Waals surface area (Å²) in [5, 5.41) is 10.8. The normalized spacial score (nSPS) is 9.12. The molecular weight excluding hydrogens is 220 g/mol. The largest absolute Gasteiger partial charge is 0.484 e. The number of ether oxygens (including phenoxy) is 1. The van der Waals surface area contributed by atoms with Gasteiger partial charge in [0.15, 0.2) is 6.61 Å². The minimum atomic E-state index is -0.278. The highest BCUT2D eigenvalue weighted by molar-refractivity contribution is 5.77. The van der Waals surface area contributed by atoms with Gasteiger partial charge in [0.1, 0.15) is 12.0 Å². The summed E-state index contributed by atoms with van der Waals surface area (Å²) in [6.45, 7) is 0.217. The molecule has 17 heavy (non-hydrogen) atoms. The van der Waals surface area contributed by atoms with Gasteiger partial charge in [-0.1, -0.05) is 0 Å². The third kappa shape index (κ3) is 4.80. The van der Waals surface area contributed by atoms with Crippen molar-refractivity contribution in [2.24, 2.45) is 0 Å². The van der Waals surface area contributed by atoms with Crippen LogP contribution >= 0.6 is 0 Å². The van der Waals surface area contributed by atoms with E-state index in [2.05, 4.69) is 5.32 Å². The molecule has 0 fully saturated rings. The van der Waals surface area contributed by atoms with Gasteiger partial charge in [0.05, 0.1) is 12.5 Å². The van der Waals surface area contributed by atoms with Crippen molar-refractivity contribution in [1.82, 2.24) is 5.32 Å². The third-order valence-corrected chi connectivity index (χ3v) is 1.95. The van der Waals surface area contributed by atoms with E-state index in [-0.39, 0.29) is 18.9 Å². The molecule has 0 bridgehead atoms. The first-order valence-electron chi connectivity index (χ1n) is 5.08. The summed E-state index contributed by atoms with van der Waals surface area (Å²) in [6, 6.07) is 8.37. The van der Waals surface area contributed by atoms with Crippen molar-refractivity contribution in [3.05, 3.63) is 29.8 Å². The van der Waals surface area contributed by atoms with Gasteiger partial charge in [0.2, 0.25) is 0 Å². The summed E-state index contributed by atoms with van der Waals surface area (Å²) < 4.78 is 5.19. The lowest BCUT2D eigenvalue weighted by atomic mass is 10.2. The molecule has 5 heteroatoms. The van der Waals surface area contributed by atoms with Crippen molar-refractivity contribution in [1.29, 1.82) is 5.26 Å². The van der Waals surface area contributed by atoms with Crippen LogP contribution in [0.3, 0.4) is 0 Å². The molecular formula is C12H12N2O3. The van der Waals surface area contributed by atoms with Crippen molar-refractivity contribution in [2.75, 3.05) is 13.2 Å². The molecule has 0 aliphatic rings. The van der Waals surface area contributed by atoms with Crippen molar-refractivity contribution < 1.29 is 14.3 Å². The van der Waals surface area contributed by atoms with Crippen LogP contribution in [0.5, 0.6) is 5.75 Å². The molecule has 0 spiro atoms. The molecule has 1 rings (SSSR count). The van der Waals surface area contributed by atoms with Gasteiger partial charge in [0.25, 0.3) is 5.91 Å². The number of aldehydes is 1.